The lowest BCUT2D eigenvalue weighted by molar-refractivity contribution is -0.146. The van der Waals surface area contributed by atoms with Crippen LogP contribution in [-0.2, 0) is 16.0 Å². The van der Waals surface area contributed by atoms with Crippen LogP contribution in [0.3, 0.4) is 0 Å². The van der Waals surface area contributed by atoms with E-state index in [0.717, 1.165) is 5.56 Å². The van der Waals surface area contributed by atoms with Crippen molar-refractivity contribution in [2.45, 2.75) is 18.4 Å². The zero-order valence-electron chi connectivity index (χ0n) is 9.35. The van der Waals surface area contributed by atoms with E-state index in [2.05, 4.69) is 11.6 Å². The van der Waals surface area contributed by atoms with Gasteiger partial charge in [-0.1, -0.05) is 6.08 Å². The molecule has 4 heteroatoms. The molecule has 0 aliphatic rings. The second-order valence-corrected chi connectivity index (χ2v) is 3.67. The van der Waals surface area contributed by atoms with Gasteiger partial charge in [-0.2, -0.15) is 0 Å². The maximum Gasteiger partial charge on any atom is 0.326 e. The van der Waals surface area contributed by atoms with Crippen molar-refractivity contribution in [1.82, 2.24) is 4.98 Å². The van der Waals surface area contributed by atoms with Crippen molar-refractivity contribution in [3.05, 3.63) is 42.7 Å². The molecule has 0 aliphatic carbocycles. The summed E-state index contributed by atoms with van der Waals surface area (Å²) in [7, 11) is 1.33. The minimum atomic E-state index is -1.04. The highest BCUT2D eigenvalue weighted by Gasteiger charge is 2.33. The molecule has 16 heavy (non-hydrogen) atoms. The van der Waals surface area contributed by atoms with Gasteiger partial charge in [0.05, 0.1) is 7.11 Å². The SMILES string of the molecule is C=CCC(N)(Cc1ccncc1)C(=O)OC. The van der Waals surface area contributed by atoms with E-state index >= 15 is 0 Å². The standard InChI is InChI=1S/C12H16N2O2/c1-3-6-12(13,11(15)16-2)9-10-4-7-14-8-5-10/h3-5,7-8H,1,6,9,13H2,2H3. The van der Waals surface area contributed by atoms with Gasteiger partial charge in [-0.3, -0.25) is 9.78 Å². The number of hydrogen-bond acceptors (Lipinski definition) is 4. The van der Waals surface area contributed by atoms with Crippen molar-refractivity contribution in [2.24, 2.45) is 5.73 Å². The van der Waals surface area contributed by atoms with Crippen LogP contribution in [0.15, 0.2) is 37.2 Å². The van der Waals surface area contributed by atoms with Crippen LogP contribution < -0.4 is 5.73 Å². The van der Waals surface area contributed by atoms with Crippen molar-refractivity contribution < 1.29 is 9.53 Å². The maximum atomic E-state index is 11.6. The number of pyridine rings is 1. The van der Waals surface area contributed by atoms with E-state index < -0.39 is 11.5 Å². The Balaban J connectivity index is 2.87. The molecule has 0 saturated carbocycles. The van der Waals surface area contributed by atoms with Gasteiger partial charge in [0.15, 0.2) is 0 Å². The zero-order chi connectivity index (χ0) is 12.0. The molecule has 0 spiro atoms. The minimum Gasteiger partial charge on any atom is -0.468 e. The normalized spacial score (nSPS) is 13.9. The first-order valence-corrected chi connectivity index (χ1v) is 4.99. The van der Waals surface area contributed by atoms with E-state index in [9.17, 15) is 4.79 Å². The Bertz CT molecular complexity index is 365. The van der Waals surface area contributed by atoms with Gasteiger partial charge in [0.1, 0.15) is 5.54 Å². The average molecular weight is 220 g/mol. The van der Waals surface area contributed by atoms with Gasteiger partial charge in [0, 0.05) is 18.8 Å². The summed E-state index contributed by atoms with van der Waals surface area (Å²) in [6.45, 7) is 3.60. The summed E-state index contributed by atoms with van der Waals surface area (Å²) < 4.78 is 4.71. The number of aromatic nitrogens is 1. The van der Waals surface area contributed by atoms with Crippen LogP contribution in [0.2, 0.25) is 0 Å². The Hall–Kier alpha value is -1.68. The molecule has 0 aliphatic heterocycles. The van der Waals surface area contributed by atoms with Gasteiger partial charge in [0.2, 0.25) is 0 Å². The predicted molar refractivity (Wildman–Crippen MR) is 61.7 cm³/mol. The second-order valence-electron chi connectivity index (χ2n) is 3.67. The third kappa shape index (κ3) is 2.90. The number of nitrogens with zero attached hydrogens (tertiary/aromatic N) is 1. The van der Waals surface area contributed by atoms with Gasteiger partial charge in [-0.05, 0) is 24.1 Å². The Labute approximate surface area is 95.1 Å². The molecule has 1 aromatic heterocycles. The summed E-state index contributed by atoms with van der Waals surface area (Å²) in [5.74, 6) is -0.427. The Morgan fingerprint density at radius 2 is 2.25 bits per heavy atom. The molecule has 0 bridgehead atoms. The lowest BCUT2D eigenvalue weighted by Crippen LogP contribution is -2.50. The molecule has 0 amide bonds. The highest BCUT2D eigenvalue weighted by molar-refractivity contribution is 5.81. The van der Waals surface area contributed by atoms with Crippen molar-refractivity contribution in [3.63, 3.8) is 0 Å². The van der Waals surface area contributed by atoms with Crippen LogP contribution in [0.1, 0.15) is 12.0 Å². The largest absolute Gasteiger partial charge is 0.468 e. The van der Waals surface area contributed by atoms with E-state index in [1.54, 1.807) is 18.5 Å². The topological polar surface area (TPSA) is 65.2 Å². The number of ether oxygens (including phenoxy) is 1. The summed E-state index contributed by atoms with van der Waals surface area (Å²) >= 11 is 0. The van der Waals surface area contributed by atoms with Crippen molar-refractivity contribution >= 4 is 5.97 Å². The van der Waals surface area contributed by atoms with Crippen LogP contribution in [0, 0.1) is 0 Å². The van der Waals surface area contributed by atoms with Gasteiger partial charge in [-0.15, -0.1) is 6.58 Å². The average Bonchev–Trinajstić information content (AvgIpc) is 2.29. The first-order chi connectivity index (χ1) is 7.62. The number of esters is 1. The Kier molecular flexibility index (Phi) is 4.19. The van der Waals surface area contributed by atoms with E-state index in [1.807, 2.05) is 12.1 Å². The first-order valence-electron chi connectivity index (χ1n) is 4.99. The molecule has 1 aromatic rings. The Morgan fingerprint density at radius 1 is 1.62 bits per heavy atom. The molecular weight excluding hydrogens is 204 g/mol. The van der Waals surface area contributed by atoms with E-state index in [4.69, 9.17) is 10.5 Å². The van der Waals surface area contributed by atoms with Crippen LogP contribution in [0.4, 0.5) is 0 Å². The van der Waals surface area contributed by atoms with E-state index in [0.29, 0.717) is 12.8 Å². The van der Waals surface area contributed by atoms with Crippen LogP contribution >= 0.6 is 0 Å². The quantitative estimate of drug-likeness (QED) is 0.595. The van der Waals surface area contributed by atoms with E-state index in [1.165, 1.54) is 7.11 Å². The highest BCUT2D eigenvalue weighted by atomic mass is 16.5. The summed E-state index contributed by atoms with van der Waals surface area (Å²) in [6.07, 6.45) is 5.75. The second kappa shape index (κ2) is 5.42. The number of rotatable bonds is 5. The number of nitrogens with two attached hydrogens (primary N) is 1. The minimum absolute atomic E-state index is 0.377. The third-order valence-corrected chi connectivity index (χ3v) is 2.37. The molecule has 1 atom stereocenters. The lowest BCUT2D eigenvalue weighted by atomic mass is 9.89. The first kappa shape index (κ1) is 12.4. The summed E-state index contributed by atoms with van der Waals surface area (Å²) in [6, 6.07) is 3.65. The number of methoxy groups -OCH3 is 1. The molecule has 1 heterocycles. The van der Waals surface area contributed by atoms with Gasteiger partial charge in [0.25, 0.3) is 0 Å². The summed E-state index contributed by atoms with van der Waals surface area (Å²) in [5, 5.41) is 0. The molecule has 0 aromatic carbocycles. The fourth-order valence-electron chi connectivity index (χ4n) is 1.55. The molecule has 86 valence electrons. The predicted octanol–water partition coefficient (Wildman–Crippen LogP) is 1.07. The molecule has 2 N–H and O–H groups in total. The summed E-state index contributed by atoms with van der Waals surface area (Å²) in [5.41, 5.74) is 5.93. The van der Waals surface area contributed by atoms with Gasteiger partial charge >= 0.3 is 5.97 Å². The lowest BCUT2D eigenvalue weighted by Gasteiger charge is -2.25. The van der Waals surface area contributed by atoms with Crippen LogP contribution in [0.5, 0.6) is 0 Å². The van der Waals surface area contributed by atoms with E-state index in [-0.39, 0.29) is 0 Å². The zero-order valence-corrected chi connectivity index (χ0v) is 9.35. The fourth-order valence-corrected chi connectivity index (χ4v) is 1.55. The van der Waals surface area contributed by atoms with Crippen LogP contribution in [-0.4, -0.2) is 23.6 Å². The third-order valence-electron chi connectivity index (χ3n) is 2.37. The van der Waals surface area contributed by atoms with Gasteiger partial charge in [-0.25, -0.2) is 0 Å². The number of carbonyl (C=O) groups excluding carboxylic acids is 1. The molecular formula is C12H16N2O2. The van der Waals surface area contributed by atoms with Crippen molar-refractivity contribution in [3.8, 4) is 0 Å². The number of carbonyl (C=O) groups is 1. The van der Waals surface area contributed by atoms with Crippen LogP contribution in [0.25, 0.3) is 0 Å². The molecule has 0 radical (unpaired) electrons. The highest BCUT2D eigenvalue weighted by Crippen LogP contribution is 2.16. The fraction of sp³-hybridized carbons (Fsp3) is 0.333. The Morgan fingerprint density at radius 3 is 2.75 bits per heavy atom. The molecule has 0 fully saturated rings. The summed E-state index contributed by atoms with van der Waals surface area (Å²) in [4.78, 5) is 15.5. The smallest absolute Gasteiger partial charge is 0.326 e. The monoisotopic (exact) mass is 220 g/mol. The van der Waals surface area contributed by atoms with Crippen molar-refractivity contribution in [2.75, 3.05) is 7.11 Å². The molecule has 0 saturated heterocycles. The van der Waals surface area contributed by atoms with Gasteiger partial charge < -0.3 is 10.5 Å². The van der Waals surface area contributed by atoms with Crippen molar-refractivity contribution in [1.29, 1.82) is 0 Å². The maximum absolute atomic E-state index is 11.6. The molecule has 1 rings (SSSR count). The molecule has 4 nitrogen and oxygen atoms in total. The molecule has 1 unspecified atom stereocenters. The number of hydrogen-bond donors (Lipinski definition) is 1.